The van der Waals surface area contributed by atoms with Crippen LogP contribution in [0.4, 0.5) is 0 Å². The minimum Gasteiger partial charge on any atom is -0.319 e. The Labute approximate surface area is 103 Å². The van der Waals surface area contributed by atoms with E-state index in [-0.39, 0.29) is 6.04 Å². The second-order valence-corrected chi connectivity index (χ2v) is 4.27. The van der Waals surface area contributed by atoms with Crippen molar-refractivity contribution in [3.05, 3.63) is 45.7 Å². The molecule has 16 heavy (non-hydrogen) atoms. The van der Waals surface area contributed by atoms with Crippen molar-refractivity contribution in [1.29, 1.82) is 0 Å². The van der Waals surface area contributed by atoms with Gasteiger partial charge in [-0.2, -0.15) is 0 Å². The van der Waals surface area contributed by atoms with Crippen molar-refractivity contribution in [2.45, 2.75) is 6.04 Å². The van der Waals surface area contributed by atoms with Crippen molar-refractivity contribution in [3.63, 3.8) is 0 Å². The summed E-state index contributed by atoms with van der Waals surface area (Å²) in [7, 11) is 1.78. The molecule has 0 aliphatic heterocycles. The lowest BCUT2D eigenvalue weighted by atomic mass is 10.1. The highest BCUT2D eigenvalue weighted by Crippen LogP contribution is 2.28. The van der Waals surface area contributed by atoms with Gasteiger partial charge in [-0.15, -0.1) is 5.10 Å². The summed E-state index contributed by atoms with van der Waals surface area (Å²) in [5.41, 5.74) is 7.63. The smallest absolute Gasteiger partial charge is 0.0797 e. The third kappa shape index (κ3) is 2.04. The molecule has 2 aromatic rings. The molecule has 1 aromatic carbocycles. The number of benzene rings is 1. The molecule has 0 saturated heterocycles. The molecule has 1 heterocycles. The van der Waals surface area contributed by atoms with E-state index in [0.717, 1.165) is 11.3 Å². The van der Waals surface area contributed by atoms with E-state index in [2.05, 4.69) is 10.3 Å². The van der Waals surface area contributed by atoms with Crippen LogP contribution in [0, 0.1) is 0 Å². The van der Waals surface area contributed by atoms with Gasteiger partial charge in [0.25, 0.3) is 0 Å². The molecule has 4 nitrogen and oxygen atoms in total. The van der Waals surface area contributed by atoms with Crippen molar-refractivity contribution in [3.8, 4) is 0 Å². The molecule has 1 atom stereocenters. The van der Waals surface area contributed by atoms with Crippen LogP contribution < -0.4 is 5.73 Å². The summed E-state index contributed by atoms with van der Waals surface area (Å²) in [6.45, 7) is 0. The van der Waals surface area contributed by atoms with Crippen LogP contribution in [0.5, 0.6) is 0 Å². The van der Waals surface area contributed by atoms with E-state index in [1.54, 1.807) is 36.1 Å². The van der Waals surface area contributed by atoms with Crippen LogP contribution in [0.25, 0.3) is 0 Å². The summed E-state index contributed by atoms with van der Waals surface area (Å²) < 4.78 is 1.61. The van der Waals surface area contributed by atoms with Gasteiger partial charge >= 0.3 is 0 Å². The van der Waals surface area contributed by atoms with Crippen LogP contribution in [-0.4, -0.2) is 15.0 Å². The largest absolute Gasteiger partial charge is 0.319 e. The monoisotopic (exact) mass is 256 g/mol. The van der Waals surface area contributed by atoms with Gasteiger partial charge in [-0.3, -0.25) is 4.68 Å². The summed E-state index contributed by atoms with van der Waals surface area (Å²) in [4.78, 5) is 0. The van der Waals surface area contributed by atoms with Crippen molar-refractivity contribution in [2.24, 2.45) is 12.8 Å². The van der Waals surface area contributed by atoms with Crippen molar-refractivity contribution in [2.75, 3.05) is 0 Å². The maximum absolute atomic E-state index is 6.09. The van der Waals surface area contributed by atoms with Gasteiger partial charge in [-0.1, -0.05) is 28.4 Å². The average molecular weight is 257 g/mol. The Kier molecular flexibility index (Phi) is 3.14. The van der Waals surface area contributed by atoms with Crippen LogP contribution in [0.15, 0.2) is 24.4 Å². The maximum Gasteiger partial charge on any atom is 0.0797 e. The van der Waals surface area contributed by atoms with E-state index < -0.39 is 0 Å². The molecule has 6 heteroatoms. The minimum absolute atomic E-state index is 0.383. The van der Waals surface area contributed by atoms with E-state index in [4.69, 9.17) is 28.9 Å². The van der Waals surface area contributed by atoms with Crippen molar-refractivity contribution < 1.29 is 0 Å². The highest BCUT2D eigenvalue weighted by molar-refractivity contribution is 6.33. The quantitative estimate of drug-likeness (QED) is 0.896. The zero-order chi connectivity index (χ0) is 11.7. The molecule has 0 saturated carbocycles. The summed E-state index contributed by atoms with van der Waals surface area (Å²) >= 11 is 12.0. The Hall–Kier alpha value is -1.10. The number of aryl methyl sites for hydroxylation is 1. The number of nitrogens with zero attached hydrogens (tertiary/aromatic N) is 3. The van der Waals surface area contributed by atoms with Gasteiger partial charge in [0.15, 0.2) is 0 Å². The van der Waals surface area contributed by atoms with E-state index in [1.807, 2.05) is 0 Å². The number of rotatable bonds is 2. The van der Waals surface area contributed by atoms with Crippen LogP contribution in [0.1, 0.15) is 17.3 Å². The molecule has 0 aliphatic carbocycles. The predicted molar refractivity (Wildman–Crippen MR) is 63.5 cm³/mol. The Morgan fingerprint density at radius 1 is 1.38 bits per heavy atom. The minimum atomic E-state index is -0.383. The first kappa shape index (κ1) is 11.4. The normalized spacial score (nSPS) is 12.8. The SMILES string of the molecule is Cn1nncc1C(N)c1cc(Cl)ccc1Cl. The topological polar surface area (TPSA) is 56.7 Å². The molecule has 0 radical (unpaired) electrons. The third-order valence-electron chi connectivity index (χ3n) is 2.36. The van der Waals surface area contributed by atoms with Gasteiger partial charge in [-0.05, 0) is 23.8 Å². The van der Waals surface area contributed by atoms with E-state index in [9.17, 15) is 0 Å². The van der Waals surface area contributed by atoms with Crippen LogP contribution in [0.2, 0.25) is 10.0 Å². The molecule has 0 bridgehead atoms. The van der Waals surface area contributed by atoms with Crippen molar-refractivity contribution >= 4 is 23.2 Å². The molecular weight excluding hydrogens is 247 g/mol. The third-order valence-corrected chi connectivity index (χ3v) is 2.94. The molecule has 84 valence electrons. The van der Waals surface area contributed by atoms with Gasteiger partial charge in [0.2, 0.25) is 0 Å². The molecule has 2 N–H and O–H groups in total. The Morgan fingerprint density at radius 2 is 2.12 bits per heavy atom. The van der Waals surface area contributed by atoms with E-state index in [0.29, 0.717) is 10.0 Å². The second-order valence-electron chi connectivity index (χ2n) is 3.43. The average Bonchev–Trinajstić information content (AvgIpc) is 2.67. The number of halogens is 2. The molecule has 0 spiro atoms. The van der Waals surface area contributed by atoms with Gasteiger partial charge in [0, 0.05) is 17.1 Å². The fraction of sp³-hybridized carbons (Fsp3) is 0.200. The Balaban J connectivity index is 2.45. The summed E-state index contributed by atoms with van der Waals surface area (Å²) in [5, 5.41) is 8.79. The molecule has 1 aromatic heterocycles. The first-order valence-electron chi connectivity index (χ1n) is 4.64. The van der Waals surface area contributed by atoms with E-state index >= 15 is 0 Å². The van der Waals surface area contributed by atoms with Crippen LogP contribution in [-0.2, 0) is 7.05 Å². The Bertz CT molecular complexity index is 509. The summed E-state index contributed by atoms with van der Waals surface area (Å²) in [6.07, 6.45) is 1.61. The van der Waals surface area contributed by atoms with Gasteiger partial charge in [-0.25, -0.2) is 0 Å². The number of hydrogen-bond acceptors (Lipinski definition) is 3. The van der Waals surface area contributed by atoms with Gasteiger partial charge < -0.3 is 5.73 Å². The second kappa shape index (κ2) is 4.41. The highest BCUT2D eigenvalue weighted by Gasteiger charge is 2.16. The number of aromatic nitrogens is 3. The zero-order valence-electron chi connectivity index (χ0n) is 8.56. The lowest BCUT2D eigenvalue weighted by Gasteiger charge is -2.13. The summed E-state index contributed by atoms with van der Waals surface area (Å²) in [6, 6.07) is 4.82. The van der Waals surface area contributed by atoms with Crippen LogP contribution in [0.3, 0.4) is 0 Å². The van der Waals surface area contributed by atoms with Gasteiger partial charge in [0.05, 0.1) is 17.9 Å². The molecule has 0 aliphatic rings. The van der Waals surface area contributed by atoms with Gasteiger partial charge in [0.1, 0.15) is 0 Å². The molecule has 0 fully saturated rings. The summed E-state index contributed by atoms with van der Waals surface area (Å²) in [5.74, 6) is 0. The van der Waals surface area contributed by atoms with Crippen molar-refractivity contribution in [1.82, 2.24) is 15.0 Å². The number of hydrogen-bond donors (Lipinski definition) is 1. The zero-order valence-corrected chi connectivity index (χ0v) is 10.1. The maximum atomic E-state index is 6.09. The first-order valence-corrected chi connectivity index (χ1v) is 5.40. The number of nitrogens with two attached hydrogens (primary N) is 1. The van der Waals surface area contributed by atoms with E-state index in [1.165, 1.54) is 0 Å². The molecule has 0 amide bonds. The molecular formula is C10H10Cl2N4. The fourth-order valence-electron chi connectivity index (χ4n) is 1.49. The highest BCUT2D eigenvalue weighted by atomic mass is 35.5. The standard InChI is InChI=1S/C10H10Cl2N4/c1-16-9(5-14-15-16)10(13)7-4-6(11)2-3-8(7)12/h2-5,10H,13H2,1H3. The molecule has 2 rings (SSSR count). The Morgan fingerprint density at radius 3 is 2.75 bits per heavy atom. The lowest BCUT2D eigenvalue weighted by Crippen LogP contribution is -2.16. The fourth-order valence-corrected chi connectivity index (χ4v) is 1.91. The molecule has 1 unspecified atom stereocenters. The van der Waals surface area contributed by atoms with Crippen LogP contribution >= 0.6 is 23.2 Å². The predicted octanol–water partition coefficient (Wildman–Crippen LogP) is 2.17. The lowest BCUT2D eigenvalue weighted by molar-refractivity contribution is 0.651. The first-order chi connectivity index (χ1) is 7.59.